The maximum absolute atomic E-state index is 12.3. The molecule has 0 radical (unpaired) electrons. The average molecular weight is 240 g/mol. The summed E-state index contributed by atoms with van der Waals surface area (Å²) in [5.41, 5.74) is 2.75. The van der Waals surface area contributed by atoms with E-state index in [0.29, 0.717) is 18.7 Å². The van der Waals surface area contributed by atoms with Crippen LogP contribution in [0.15, 0.2) is 37.1 Å². The van der Waals surface area contributed by atoms with Crippen molar-refractivity contribution in [1.82, 2.24) is 19.9 Å². The number of carbonyl (C=O) groups excluding carboxylic acids is 1. The highest BCUT2D eigenvalue weighted by Crippen LogP contribution is 2.17. The number of hydrogen-bond acceptors (Lipinski definition) is 4. The van der Waals surface area contributed by atoms with Crippen LogP contribution in [0.4, 0.5) is 0 Å². The fourth-order valence-electron chi connectivity index (χ4n) is 2.12. The van der Waals surface area contributed by atoms with Crippen LogP contribution in [0.5, 0.6) is 0 Å². The molecule has 5 heteroatoms. The van der Waals surface area contributed by atoms with Gasteiger partial charge in [-0.2, -0.15) is 0 Å². The minimum Gasteiger partial charge on any atom is -0.334 e. The van der Waals surface area contributed by atoms with E-state index >= 15 is 0 Å². The Bertz CT molecular complexity index is 570. The number of pyridine rings is 1. The summed E-state index contributed by atoms with van der Waals surface area (Å²) >= 11 is 0. The predicted molar refractivity (Wildman–Crippen MR) is 64.7 cm³/mol. The van der Waals surface area contributed by atoms with Gasteiger partial charge in [0.25, 0.3) is 5.91 Å². The Balaban J connectivity index is 1.82. The van der Waals surface area contributed by atoms with Gasteiger partial charge in [0.15, 0.2) is 0 Å². The molecule has 0 aliphatic carbocycles. The van der Waals surface area contributed by atoms with Gasteiger partial charge in [-0.05, 0) is 12.1 Å². The van der Waals surface area contributed by atoms with Gasteiger partial charge in [-0.3, -0.25) is 9.78 Å². The molecule has 2 aromatic heterocycles. The zero-order chi connectivity index (χ0) is 12.4. The highest BCUT2D eigenvalue weighted by Gasteiger charge is 2.22. The van der Waals surface area contributed by atoms with Gasteiger partial charge in [-0.1, -0.05) is 0 Å². The van der Waals surface area contributed by atoms with Crippen molar-refractivity contribution < 1.29 is 4.79 Å². The molecule has 0 spiro atoms. The number of hydrogen-bond donors (Lipinski definition) is 0. The van der Waals surface area contributed by atoms with Crippen LogP contribution < -0.4 is 0 Å². The zero-order valence-electron chi connectivity index (χ0n) is 9.78. The van der Waals surface area contributed by atoms with E-state index in [9.17, 15) is 4.79 Å². The van der Waals surface area contributed by atoms with E-state index in [4.69, 9.17) is 0 Å². The second kappa shape index (κ2) is 4.52. The van der Waals surface area contributed by atoms with Gasteiger partial charge in [0.1, 0.15) is 6.33 Å². The summed E-state index contributed by atoms with van der Waals surface area (Å²) in [5.74, 6) is 0.0342. The first-order valence-corrected chi connectivity index (χ1v) is 5.81. The van der Waals surface area contributed by atoms with Crippen molar-refractivity contribution in [2.24, 2.45) is 0 Å². The van der Waals surface area contributed by atoms with E-state index in [1.165, 1.54) is 0 Å². The van der Waals surface area contributed by atoms with Gasteiger partial charge >= 0.3 is 0 Å². The molecule has 3 heterocycles. The summed E-state index contributed by atoms with van der Waals surface area (Å²) in [4.78, 5) is 26.2. The molecule has 0 unspecified atom stereocenters. The van der Waals surface area contributed by atoms with E-state index in [-0.39, 0.29) is 5.91 Å². The smallest absolute Gasteiger partial charge is 0.254 e. The molecule has 1 aliphatic heterocycles. The molecule has 0 fully saturated rings. The van der Waals surface area contributed by atoms with E-state index in [1.54, 1.807) is 37.1 Å². The zero-order valence-corrected chi connectivity index (χ0v) is 9.78. The van der Waals surface area contributed by atoms with E-state index < -0.39 is 0 Å². The molecule has 1 aliphatic rings. The molecule has 0 bridgehead atoms. The van der Waals surface area contributed by atoms with Crippen molar-refractivity contribution >= 4 is 5.91 Å². The first-order chi connectivity index (χ1) is 8.84. The highest BCUT2D eigenvalue weighted by atomic mass is 16.2. The number of aromatic nitrogens is 3. The normalized spacial score (nSPS) is 14.1. The fraction of sp³-hybridized carbons (Fsp3) is 0.231. The molecule has 5 nitrogen and oxygen atoms in total. The minimum atomic E-state index is 0.0342. The van der Waals surface area contributed by atoms with Crippen molar-refractivity contribution in [1.29, 1.82) is 0 Å². The van der Waals surface area contributed by atoms with E-state index in [2.05, 4.69) is 15.0 Å². The third-order valence-corrected chi connectivity index (χ3v) is 3.08. The van der Waals surface area contributed by atoms with Gasteiger partial charge < -0.3 is 4.90 Å². The van der Waals surface area contributed by atoms with Crippen LogP contribution in [0.1, 0.15) is 21.6 Å². The van der Waals surface area contributed by atoms with Crippen molar-refractivity contribution in [3.63, 3.8) is 0 Å². The molecule has 18 heavy (non-hydrogen) atoms. The Kier molecular flexibility index (Phi) is 2.72. The van der Waals surface area contributed by atoms with Gasteiger partial charge in [0.05, 0.1) is 5.69 Å². The Morgan fingerprint density at radius 2 is 2.06 bits per heavy atom. The number of rotatable bonds is 1. The van der Waals surface area contributed by atoms with E-state index in [1.807, 2.05) is 4.90 Å². The van der Waals surface area contributed by atoms with Crippen LogP contribution >= 0.6 is 0 Å². The van der Waals surface area contributed by atoms with Crippen LogP contribution in [0.2, 0.25) is 0 Å². The van der Waals surface area contributed by atoms with Crippen molar-refractivity contribution in [3.05, 3.63) is 53.9 Å². The lowest BCUT2D eigenvalue weighted by Gasteiger charge is -2.27. The quantitative estimate of drug-likeness (QED) is 0.748. The van der Waals surface area contributed by atoms with Crippen LogP contribution in [0, 0.1) is 0 Å². The third kappa shape index (κ3) is 1.95. The van der Waals surface area contributed by atoms with Crippen molar-refractivity contribution in [2.75, 3.05) is 6.54 Å². The largest absolute Gasteiger partial charge is 0.334 e. The number of fused-ring (bicyclic) bond motifs is 1. The van der Waals surface area contributed by atoms with Gasteiger partial charge in [-0.25, -0.2) is 9.97 Å². The van der Waals surface area contributed by atoms with Crippen LogP contribution in [-0.2, 0) is 13.0 Å². The van der Waals surface area contributed by atoms with Crippen molar-refractivity contribution in [3.8, 4) is 0 Å². The molecule has 0 aromatic carbocycles. The Morgan fingerprint density at radius 1 is 1.22 bits per heavy atom. The second-order valence-electron chi connectivity index (χ2n) is 4.21. The molecule has 0 atom stereocenters. The van der Waals surface area contributed by atoms with Crippen molar-refractivity contribution in [2.45, 2.75) is 13.0 Å². The summed E-state index contributed by atoms with van der Waals surface area (Å²) in [5, 5.41) is 0. The Hall–Kier alpha value is -2.30. The van der Waals surface area contributed by atoms with Gasteiger partial charge in [0, 0.05) is 49.2 Å². The molecule has 0 saturated heterocycles. The summed E-state index contributed by atoms with van der Waals surface area (Å²) < 4.78 is 0. The lowest BCUT2D eigenvalue weighted by atomic mass is 10.1. The van der Waals surface area contributed by atoms with Gasteiger partial charge in [0.2, 0.25) is 0 Å². The maximum atomic E-state index is 12.3. The summed E-state index contributed by atoms with van der Waals surface area (Å²) in [7, 11) is 0. The number of carbonyl (C=O) groups is 1. The highest BCUT2D eigenvalue weighted by molar-refractivity contribution is 5.94. The minimum absolute atomic E-state index is 0.0342. The summed E-state index contributed by atoms with van der Waals surface area (Å²) in [6.07, 6.45) is 7.39. The average Bonchev–Trinajstić information content (AvgIpc) is 2.47. The summed E-state index contributed by atoms with van der Waals surface area (Å²) in [6.45, 7) is 1.28. The SMILES string of the molecule is O=C(c1ccncc1)N1CCc2ncncc2C1. The molecular weight excluding hydrogens is 228 g/mol. The molecule has 1 amide bonds. The topological polar surface area (TPSA) is 59.0 Å². The van der Waals surface area contributed by atoms with Crippen LogP contribution in [0.3, 0.4) is 0 Å². The third-order valence-electron chi connectivity index (χ3n) is 3.08. The predicted octanol–water partition coefficient (Wildman–Crippen LogP) is 1.07. The first kappa shape index (κ1) is 10.8. The standard InChI is InChI=1S/C13H12N4O/c18-13(10-1-4-14-5-2-10)17-6-3-12-11(8-17)7-15-9-16-12/h1-2,4-5,7,9H,3,6,8H2. The second-order valence-corrected chi connectivity index (χ2v) is 4.21. The van der Waals surface area contributed by atoms with Crippen LogP contribution in [-0.4, -0.2) is 32.3 Å². The fourth-order valence-corrected chi connectivity index (χ4v) is 2.12. The van der Waals surface area contributed by atoms with E-state index in [0.717, 1.165) is 17.7 Å². The molecule has 3 rings (SSSR count). The summed E-state index contributed by atoms with van der Waals surface area (Å²) in [6, 6.07) is 3.47. The lowest BCUT2D eigenvalue weighted by molar-refractivity contribution is 0.0733. The molecule has 0 saturated carbocycles. The molecule has 0 N–H and O–H groups in total. The Labute approximate surface area is 105 Å². The molecular formula is C13H12N4O. The Morgan fingerprint density at radius 3 is 2.89 bits per heavy atom. The number of nitrogens with zero attached hydrogens (tertiary/aromatic N) is 4. The lowest BCUT2D eigenvalue weighted by Crippen LogP contribution is -2.36. The van der Waals surface area contributed by atoms with Gasteiger partial charge in [-0.15, -0.1) is 0 Å². The van der Waals surface area contributed by atoms with Crippen LogP contribution in [0.25, 0.3) is 0 Å². The molecule has 90 valence electrons. The molecule has 2 aromatic rings. The first-order valence-electron chi connectivity index (χ1n) is 5.81. The maximum Gasteiger partial charge on any atom is 0.254 e. The monoisotopic (exact) mass is 240 g/mol. The number of amides is 1.